The molecule has 1 unspecified atom stereocenters. The van der Waals surface area contributed by atoms with E-state index in [1.54, 1.807) is 35.6 Å². The maximum atomic E-state index is 13.0. The van der Waals surface area contributed by atoms with E-state index in [9.17, 15) is 9.18 Å². The number of carbonyl (C=O) groups is 1. The number of nitrogens with zero attached hydrogens (tertiary/aromatic N) is 2. The molecule has 6 heteroatoms. The average Bonchev–Trinajstić information content (AvgIpc) is 3.21. The van der Waals surface area contributed by atoms with Crippen molar-refractivity contribution in [3.63, 3.8) is 0 Å². The van der Waals surface area contributed by atoms with Gasteiger partial charge in [0.15, 0.2) is 10.9 Å². The first-order valence-electron chi connectivity index (χ1n) is 12.9. The maximum absolute atomic E-state index is 13.0. The molecule has 2 aliphatic rings. The molecule has 0 spiro atoms. The zero-order valence-corrected chi connectivity index (χ0v) is 21.2. The topological polar surface area (TPSA) is 59.2 Å². The van der Waals surface area contributed by atoms with Gasteiger partial charge in [-0.3, -0.25) is 4.79 Å². The number of ketones is 1. The number of aromatic nitrogens is 1. The van der Waals surface area contributed by atoms with Crippen LogP contribution in [0.1, 0.15) is 74.4 Å². The highest BCUT2D eigenvalue weighted by atomic mass is 32.1. The normalized spacial score (nSPS) is 22.9. The van der Waals surface area contributed by atoms with Gasteiger partial charge in [-0.15, -0.1) is 11.3 Å². The Kier molecular flexibility index (Phi) is 8.90. The molecular weight excluding hydrogens is 445 g/mol. The molecule has 34 heavy (non-hydrogen) atoms. The van der Waals surface area contributed by atoms with E-state index in [0.29, 0.717) is 23.5 Å². The molecule has 184 valence electrons. The summed E-state index contributed by atoms with van der Waals surface area (Å²) in [5.41, 5.74) is 8.04. The van der Waals surface area contributed by atoms with Gasteiger partial charge in [-0.2, -0.15) is 0 Å². The Balaban J connectivity index is 1.19. The first-order valence-corrected chi connectivity index (χ1v) is 13.8. The lowest BCUT2D eigenvalue weighted by atomic mass is 9.78. The molecule has 1 heterocycles. The highest BCUT2D eigenvalue weighted by molar-refractivity contribution is 7.15. The third-order valence-electron chi connectivity index (χ3n) is 7.57. The van der Waals surface area contributed by atoms with Crippen LogP contribution in [0.2, 0.25) is 0 Å². The van der Waals surface area contributed by atoms with Crippen molar-refractivity contribution in [2.24, 2.45) is 11.8 Å². The summed E-state index contributed by atoms with van der Waals surface area (Å²) < 4.78 is 13.0. The number of anilines is 1. The minimum Gasteiger partial charge on any atom is -0.375 e. The first kappa shape index (κ1) is 25.1. The Morgan fingerprint density at radius 3 is 2.62 bits per heavy atom. The van der Waals surface area contributed by atoms with E-state index in [-0.39, 0.29) is 11.6 Å². The second kappa shape index (κ2) is 12.1. The number of carbonyl (C=O) groups excluding carboxylic acids is 1. The average molecular weight is 484 g/mol. The minimum atomic E-state index is -0.254. The van der Waals surface area contributed by atoms with Crippen molar-refractivity contribution < 1.29 is 9.18 Å². The largest absolute Gasteiger partial charge is 0.375 e. The molecule has 1 saturated carbocycles. The van der Waals surface area contributed by atoms with Gasteiger partial charge < -0.3 is 10.6 Å². The summed E-state index contributed by atoms with van der Waals surface area (Å²) in [5, 5.41) is 0.717. The van der Waals surface area contributed by atoms with E-state index in [2.05, 4.69) is 16.8 Å². The van der Waals surface area contributed by atoms with E-state index in [1.165, 1.54) is 67.9 Å². The molecule has 0 saturated heterocycles. The fourth-order valence-electron chi connectivity index (χ4n) is 5.64. The number of hydrogen-bond donors (Lipinski definition) is 1. The number of thiazole rings is 1. The predicted molar refractivity (Wildman–Crippen MR) is 139 cm³/mol. The van der Waals surface area contributed by atoms with E-state index < -0.39 is 0 Å². The fourth-order valence-corrected chi connectivity index (χ4v) is 6.59. The number of nitrogen functional groups attached to an aromatic ring is 1. The van der Waals surface area contributed by atoms with Crippen molar-refractivity contribution in [1.29, 1.82) is 0 Å². The van der Waals surface area contributed by atoms with Gasteiger partial charge in [0.1, 0.15) is 5.82 Å². The van der Waals surface area contributed by atoms with E-state index in [0.717, 1.165) is 37.2 Å². The zero-order chi connectivity index (χ0) is 23.9. The Hall–Kier alpha value is -2.05. The smallest absolute Gasteiger partial charge is 0.180 e. The molecule has 0 amide bonds. The highest BCUT2D eigenvalue weighted by Gasteiger charge is 2.28. The number of halogens is 1. The van der Waals surface area contributed by atoms with Crippen LogP contribution in [0.25, 0.3) is 6.08 Å². The van der Waals surface area contributed by atoms with Crippen LogP contribution in [-0.4, -0.2) is 34.8 Å². The molecule has 2 aliphatic carbocycles. The summed E-state index contributed by atoms with van der Waals surface area (Å²) in [7, 11) is 0. The van der Waals surface area contributed by atoms with Crippen molar-refractivity contribution in [2.75, 3.05) is 18.8 Å². The molecule has 1 aromatic carbocycles. The number of benzene rings is 1. The van der Waals surface area contributed by atoms with Crippen LogP contribution in [0.3, 0.4) is 0 Å². The van der Waals surface area contributed by atoms with E-state index >= 15 is 0 Å². The number of fused-ring (bicyclic) bond motifs is 1. The van der Waals surface area contributed by atoms with Gasteiger partial charge in [0.25, 0.3) is 0 Å². The van der Waals surface area contributed by atoms with Gasteiger partial charge in [0, 0.05) is 17.3 Å². The molecule has 4 nitrogen and oxygen atoms in total. The molecule has 1 atom stereocenters. The van der Waals surface area contributed by atoms with Crippen LogP contribution in [0.4, 0.5) is 9.52 Å². The molecular formula is C28H38FN3OS. The lowest BCUT2D eigenvalue weighted by Gasteiger charge is -2.36. The molecule has 1 aromatic heterocycles. The Bertz CT molecular complexity index is 963. The Labute approximate surface area is 207 Å². The number of rotatable bonds is 10. The molecule has 0 radical (unpaired) electrons. The molecule has 1 fully saturated rings. The maximum Gasteiger partial charge on any atom is 0.180 e. The number of allylic oxidation sites excluding steroid dienone is 1. The standard InChI is InChI=1S/C28H38FN3OS/c1-2-16-32(24-12-14-26-27(19-24)34-28(30)31-26)17-15-21-3-5-22(6-4-21)18-25(33)13-9-20-7-10-23(29)11-8-20/h7-11,13,21-22,24H,2-6,12,14-19H2,1H3,(H2,30,31). The van der Waals surface area contributed by atoms with Gasteiger partial charge in [-0.25, -0.2) is 9.37 Å². The van der Waals surface area contributed by atoms with Crippen molar-refractivity contribution in [1.82, 2.24) is 9.88 Å². The van der Waals surface area contributed by atoms with Gasteiger partial charge >= 0.3 is 0 Å². The summed E-state index contributed by atoms with van der Waals surface area (Å²) in [6.45, 7) is 4.62. The van der Waals surface area contributed by atoms with Crippen molar-refractivity contribution in [3.8, 4) is 0 Å². The number of aryl methyl sites for hydroxylation is 1. The second-order valence-electron chi connectivity index (χ2n) is 10.1. The van der Waals surface area contributed by atoms with Crippen molar-refractivity contribution >= 4 is 28.3 Å². The quantitative estimate of drug-likeness (QED) is 0.403. The minimum absolute atomic E-state index is 0.183. The monoisotopic (exact) mass is 483 g/mol. The summed E-state index contributed by atoms with van der Waals surface area (Å²) in [6, 6.07) is 6.87. The lowest BCUT2D eigenvalue weighted by molar-refractivity contribution is -0.115. The van der Waals surface area contributed by atoms with Crippen molar-refractivity contribution in [2.45, 2.75) is 77.2 Å². The predicted octanol–water partition coefficient (Wildman–Crippen LogP) is 6.30. The molecule has 0 bridgehead atoms. The number of hydrogen-bond acceptors (Lipinski definition) is 5. The highest BCUT2D eigenvalue weighted by Crippen LogP contribution is 2.34. The van der Waals surface area contributed by atoms with E-state index in [1.807, 2.05) is 0 Å². The van der Waals surface area contributed by atoms with Gasteiger partial charge in [0.2, 0.25) is 0 Å². The van der Waals surface area contributed by atoms with Gasteiger partial charge in [0.05, 0.1) is 5.69 Å². The molecule has 4 rings (SSSR count). The van der Waals surface area contributed by atoms with Crippen LogP contribution in [0, 0.1) is 17.7 Å². The van der Waals surface area contributed by atoms with Crippen LogP contribution >= 0.6 is 11.3 Å². The Morgan fingerprint density at radius 1 is 1.15 bits per heavy atom. The molecule has 2 N–H and O–H groups in total. The first-order chi connectivity index (χ1) is 16.5. The summed E-state index contributed by atoms with van der Waals surface area (Å²) in [5.74, 6) is 1.21. The van der Waals surface area contributed by atoms with Gasteiger partial charge in [-0.1, -0.05) is 38.0 Å². The molecule has 2 aromatic rings. The van der Waals surface area contributed by atoms with Crippen molar-refractivity contribution in [3.05, 3.63) is 52.3 Å². The van der Waals surface area contributed by atoms with Crippen LogP contribution < -0.4 is 5.73 Å². The third kappa shape index (κ3) is 6.98. The van der Waals surface area contributed by atoms with Gasteiger partial charge in [-0.05, 0) is 93.6 Å². The van der Waals surface area contributed by atoms with Crippen LogP contribution in [0.5, 0.6) is 0 Å². The van der Waals surface area contributed by atoms with E-state index in [4.69, 9.17) is 5.73 Å². The summed E-state index contributed by atoms with van der Waals surface area (Å²) >= 11 is 1.68. The van der Waals surface area contributed by atoms with Crippen LogP contribution in [-0.2, 0) is 17.6 Å². The Morgan fingerprint density at radius 2 is 1.88 bits per heavy atom. The van der Waals surface area contributed by atoms with Crippen LogP contribution in [0.15, 0.2) is 30.3 Å². The summed E-state index contributed by atoms with van der Waals surface area (Å²) in [4.78, 5) is 21.0. The number of nitrogens with two attached hydrogens (primary N) is 1. The second-order valence-corrected chi connectivity index (χ2v) is 11.2. The zero-order valence-electron chi connectivity index (χ0n) is 20.3. The third-order valence-corrected chi connectivity index (χ3v) is 8.52. The fraction of sp³-hybridized carbons (Fsp3) is 0.571. The molecule has 0 aliphatic heterocycles. The SMILES string of the molecule is CCCN(CCC1CCC(CC(=O)C=Cc2ccc(F)cc2)CC1)C1CCc2nc(N)sc2C1. The lowest BCUT2D eigenvalue weighted by Crippen LogP contribution is -2.41. The summed E-state index contributed by atoms with van der Waals surface area (Å²) in [6.07, 6.45) is 14.7.